The quantitative estimate of drug-likeness (QED) is 0.379. The highest BCUT2D eigenvalue weighted by atomic mass is 32.1. The molecule has 0 fully saturated rings. The fourth-order valence-electron chi connectivity index (χ4n) is 4.21. The van der Waals surface area contributed by atoms with E-state index >= 15 is 0 Å². The summed E-state index contributed by atoms with van der Waals surface area (Å²) in [5.74, 6) is -0.330. The van der Waals surface area contributed by atoms with Crippen molar-refractivity contribution in [1.82, 2.24) is 4.98 Å². The van der Waals surface area contributed by atoms with Gasteiger partial charge in [-0.05, 0) is 74.7 Å². The van der Waals surface area contributed by atoms with Crippen molar-refractivity contribution < 1.29 is 9.18 Å². The Kier molecular flexibility index (Phi) is 4.63. The van der Waals surface area contributed by atoms with Crippen LogP contribution in [0.2, 0.25) is 0 Å². The largest absolute Gasteiger partial charge is 0.305 e. The molecule has 0 aliphatic carbocycles. The molecule has 1 aliphatic heterocycles. The number of pyridine rings is 1. The summed E-state index contributed by atoms with van der Waals surface area (Å²) in [6, 6.07) is 18.5. The van der Waals surface area contributed by atoms with Gasteiger partial charge in [0.25, 0.3) is 5.91 Å². The third kappa shape index (κ3) is 3.19. The number of halogens is 1. The van der Waals surface area contributed by atoms with Crippen molar-refractivity contribution in [3.63, 3.8) is 0 Å². The summed E-state index contributed by atoms with van der Waals surface area (Å²) in [6.07, 6.45) is 1.58. The predicted octanol–water partition coefficient (Wildman–Crippen LogP) is 6.39. The van der Waals surface area contributed by atoms with Gasteiger partial charge in [-0.3, -0.25) is 4.79 Å². The molecule has 1 aliphatic rings. The molecule has 1 amide bonds. The number of thiophene rings is 1. The van der Waals surface area contributed by atoms with E-state index in [-0.39, 0.29) is 17.8 Å². The number of carbonyl (C=O) groups excluding carboxylic acids is 1. The highest BCUT2D eigenvalue weighted by molar-refractivity contribution is 7.15. The van der Waals surface area contributed by atoms with E-state index in [1.165, 1.54) is 10.9 Å². The first-order chi connectivity index (χ1) is 14.5. The van der Waals surface area contributed by atoms with Gasteiger partial charge in [0.1, 0.15) is 5.82 Å². The van der Waals surface area contributed by atoms with Crippen molar-refractivity contribution in [2.75, 3.05) is 4.90 Å². The Bertz CT molecular complexity index is 1280. The maximum absolute atomic E-state index is 13.9. The minimum Gasteiger partial charge on any atom is -0.305 e. The number of aryl methyl sites for hydroxylation is 2. The number of hydrogen-bond acceptors (Lipinski definition) is 3. The maximum Gasteiger partial charge on any atom is 0.259 e. The SMILES string of the molecule is Cc1ccc(-c2cc(C(=O)N3c4ccc(F)cc4CCC3C)c3ccccc3n2)s1. The molecule has 0 N–H and O–H groups in total. The van der Waals surface area contributed by atoms with E-state index in [1.807, 2.05) is 41.3 Å². The van der Waals surface area contributed by atoms with Gasteiger partial charge in [0.2, 0.25) is 0 Å². The second-order valence-corrected chi connectivity index (χ2v) is 9.11. The number of rotatable bonds is 2. The number of nitrogens with zero attached hydrogens (tertiary/aromatic N) is 2. The fourth-order valence-corrected chi connectivity index (χ4v) is 5.04. The van der Waals surface area contributed by atoms with E-state index in [2.05, 4.69) is 19.9 Å². The number of anilines is 1. The molecular weight excluding hydrogens is 395 g/mol. The topological polar surface area (TPSA) is 33.2 Å². The number of benzene rings is 2. The molecule has 3 heterocycles. The van der Waals surface area contributed by atoms with E-state index in [1.54, 1.807) is 23.5 Å². The van der Waals surface area contributed by atoms with Crippen LogP contribution in [0.1, 0.15) is 34.1 Å². The molecule has 2 aromatic carbocycles. The highest BCUT2D eigenvalue weighted by Gasteiger charge is 2.30. The lowest BCUT2D eigenvalue weighted by Gasteiger charge is -2.35. The van der Waals surface area contributed by atoms with Gasteiger partial charge in [-0.1, -0.05) is 18.2 Å². The molecule has 5 rings (SSSR count). The van der Waals surface area contributed by atoms with Gasteiger partial charge in [0.05, 0.1) is 21.7 Å². The van der Waals surface area contributed by atoms with Gasteiger partial charge in [-0.25, -0.2) is 9.37 Å². The zero-order valence-corrected chi connectivity index (χ0v) is 17.7. The zero-order chi connectivity index (χ0) is 20.8. The molecular formula is C25H21FN2OS. The summed E-state index contributed by atoms with van der Waals surface area (Å²) in [7, 11) is 0. The molecule has 1 atom stereocenters. The Morgan fingerprint density at radius 3 is 2.77 bits per heavy atom. The van der Waals surface area contributed by atoms with Crippen molar-refractivity contribution in [3.05, 3.63) is 82.5 Å². The van der Waals surface area contributed by atoms with Crippen LogP contribution in [0.4, 0.5) is 10.1 Å². The Labute approximate surface area is 178 Å². The lowest BCUT2D eigenvalue weighted by atomic mass is 9.95. The number of amides is 1. The number of aromatic nitrogens is 1. The molecule has 0 spiro atoms. The van der Waals surface area contributed by atoms with Gasteiger partial charge in [-0.15, -0.1) is 11.3 Å². The van der Waals surface area contributed by atoms with Crippen molar-refractivity contribution in [2.45, 2.75) is 32.7 Å². The van der Waals surface area contributed by atoms with Crippen LogP contribution in [0.3, 0.4) is 0 Å². The Hall–Kier alpha value is -3.05. The average molecular weight is 417 g/mol. The summed E-state index contributed by atoms with van der Waals surface area (Å²) >= 11 is 1.67. The normalized spacial score (nSPS) is 16.0. The average Bonchev–Trinajstić information content (AvgIpc) is 3.19. The third-order valence-corrected chi connectivity index (χ3v) is 6.75. The summed E-state index contributed by atoms with van der Waals surface area (Å²) in [6.45, 7) is 4.11. The van der Waals surface area contributed by atoms with E-state index in [0.29, 0.717) is 5.56 Å². The molecule has 150 valence electrons. The molecule has 3 nitrogen and oxygen atoms in total. The van der Waals surface area contributed by atoms with Crippen molar-refractivity contribution in [1.29, 1.82) is 0 Å². The Balaban J connectivity index is 1.68. The molecule has 0 bridgehead atoms. The van der Waals surface area contributed by atoms with Crippen molar-refractivity contribution in [3.8, 4) is 10.6 Å². The summed E-state index contributed by atoms with van der Waals surface area (Å²) < 4.78 is 13.8. The Morgan fingerprint density at radius 1 is 1.13 bits per heavy atom. The molecule has 2 aromatic heterocycles. The van der Waals surface area contributed by atoms with Crippen LogP contribution in [-0.4, -0.2) is 16.9 Å². The van der Waals surface area contributed by atoms with E-state index < -0.39 is 0 Å². The van der Waals surface area contributed by atoms with E-state index in [4.69, 9.17) is 4.98 Å². The lowest BCUT2D eigenvalue weighted by molar-refractivity contribution is 0.0976. The lowest BCUT2D eigenvalue weighted by Crippen LogP contribution is -2.42. The van der Waals surface area contributed by atoms with Crippen LogP contribution in [-0.2, 0) is 6.42 Å². The van der Waals surface area contributed by atoms with E-state index in [0.717, 1.165) is 45.6 Å². The summed E-state index contributed by atoms with van der Waals surface area (Å²) in [5, 5.41) is 0.834. The van der Waals surface area contributed by atoms with Crippen LogP contribution < -0.4 is 4.90 Å². The molecule has 0 saturated carbocycles. The maximum atomic E-state index is 13.9. The first-order valence-corrected chi connectivity index (χ1v) is 10.9. The number of carbonyl (C=O) groups is 1. The van der Waals surface area contributed by atoms with Crippen molar-refractivity contribution in [2.24, 2.45) is 0 Å². The molecule has 1 unspecified atom stereocenters. The molecule has 0 radical (unpaired) electrons. The standard InChI is InChI=1S/C25H21FN2OS/c1-15-7-9-17-13-18(26)10-11-23(17)28(15)25(29)20-14-22(24-12-8-16(2)30-24)27-21-6-4-3-5-19(20)21/h3-6,8,10-15H,7,9H2,1-2H3. The number of para-hydroxylation sites is 1. The van der Waals surface area contributed by atoms with Crippen LogP contribution in [0.25, 0.3) is 21.5 Å². The molecule has 5 heteroatoms. The Morgan fingerprint density at radius 2 is 1.97 bits per heavy atom. The summed E-state index contributed by atoms with van der Waals surface area (Å²) in [5.41, 5.74) is 3.92. The minimum atomic E-state index is -0.264. The second kappa shape index (κ2) is 7.33. The van der Waals surface area contributed by atoms with Crippen LogP contribution >= 0.6 is 11.3 Å². The van der Waals surface area contributed by atoms with Crippen LogP contribution in [0.15, 0.2) is 60.7 Å². The first-order valence-electron chi connectivity index (χ1n) is 10.1. The van der Waals surface area contributed by atoms with Gasteiger partial charge in [0.15, 0.2) is 0 Å². The second-order valence-electron chi connectivity index (χ2n) is 7.82. The minimum absolute atomic E-state index is 0.0369. The first kappa shape index (κ1) is 18.9. The van der Waals surface area contributed by atoms with Gasteiger partial charge >= 0.3 is 0 Å². The monoisotopic (exact) mass is 416 g/mol. The fraction of sp³-hybridized carbons (Fsp3) is 0.200. The highest BCUT2D eigenvalue weighted by Crippen LogP contribution is 2.35. The van der Waals surface area contributed by atoms with Crippen LogP contribution in [0.5, 0.6) is 0 Å². The number of hydrogen-bond donors (Lipinski definition) is 0. The van der Waals surface area contributed by atoms with Gasteiger partial charge in [0, 0.05) is 22.0 Å². The zero-order valence-electron chi connectivity index (χ0n) is 16.9. The molecule has 0 saturated heterocycles. The van der Waals surface area contributed by atoms with Crippen LogP contribution in [0, 0.1) is 12.7 Å². The van der Waals surface area contributed by atoms with Gasteiger partial charge in [-0.2, -0.15) is 0 Å². The van der Waals surface area contributed by atoms with Crippen molar-refractivity contribution >= 4 is 33.8 Å². The predicted molar refractivity (Wildman–Crippen MR) is 121 cm³/mol. The smallest absolute Gasteiger partial charge is 0.259 e. The summed E-state index contributed by atoms with van der Waals surface area (Å²) in [4.78, 5) is 22.7. The van der Waals surface area contributed by atoms with Gasteiger partial charge < -0.3 is 4.90 Å². The number of fused-ring (bicyclic) bond motifs is 2. The molecule has 4 aromatic rings. The third-order valence-electron chi connectivity index (χ3n) is 5.73. The van der Waals surface area contributed by atoms with E-state index in [9.17, 15) is 9.18 Å². The molecule has 30 heavy (non-hydrogen) atoms.